The Morgan fingerprint density at radius 2 is 1.89 bits per heavy atom. The zero-order chi connectivity index (χ0) is 12.4. The summed E-state index contributed by atoms with van der Waals surface area (Å²) in [6.45, 7) is 1.91. The molecule has 1 aliphatic heterocycles. The number of rotatable bonds is 2. The van der Waals surface area contributed by atoms with Crippen molar-refractivity contribution in [1.29, 1.82) is 0 Å². The largest absolute Gasteiger partial charge is 0.382 e. The standard InChI is InChI=1S/C12H16N6/c13-11-4-9-18(16-11)10-2-7-17(8-3-10)12-14-5-1-6-15-12/h1,4-6,9-10H,2-3,7-8H2,(H2,13,16). The maximum atomic E-state index is 5.64. The Hall–Kier alpha value is -2.11. The number of nitrogens with zero attached hydrogens (tertiary/aromatic N) is 5. The van der Waals surface area contributed by atoms with E-state index in [0.29, 0.717) is 11.9 Å². The van der Waals surface area contributed by atoms with E-state index in [1.165, 1.54) is 0 Å². The molecule has 0 unspecified atom stereocenters. The highest BCUT2D eigenvalue weighted by Gasteiger charge is 2.22. The average Bonchev–Trinajstić information content (AvgIpc) is 2.87. The van der Waals surface area contributed by atoms with Gasteiger partial charge in [0.2, 0.25) is 5.95 Å². The quantitative estimate of drug-likeness (QED) is 0.856. The molecule has 0 atom stereocenters. The van der Waals surface area contributed by atoms with Crippen LogP contribution < -0.4 is 10.6 Å². The van der Waals surface area contributed by atoms with Crippen molar-refractivity contribution >= 4 is 11.8 Å². The Morgan fingerprint density at radius 3 is 2.50 bits per heavy atom. The van der Waals surface area contributed by atoms with Crippen molar-refractivity contribution in [3.63, 3.8) is 0 Å². The number of piperidine rings is 1. The van der Waals surface area contributed by atoms with Gasteiger partial charge in [-0.1, -0.05) is 0 Å². The van der Waals surface area contributed by atoms with Crippen molar-refractivity contribution in [2.45, 2.75) is 18.9 Å². The second kappa shape index (κ2) is 4.64. The van der Waals surface area contributed by atoms with Crippen LogP contribution in [0.4, 0.5) is 11.8 Å². The molecule has 1 saturated heterocycles. The molecule has 1 aliphatic rings. The van der Waals surface area contributed by atoms with Crippen molar-refractivity contribution in [3.8, 4) is 0 Å². The average molecular weight is 244 g/mol. The molecule has 2 aromatic heterocycles. The predicted molar refractivity (Wildman–Crippen MR) is 69.2 cm³/mol. The maximum Gasteiger partial charge on any atom is 0.225 e. The van der Waals surface area contributed by atoms with Gasteiger partial charge in [0.05, 0.1) is 6.04 Å². The first-order chi connectivity index (χ1) is 8.83. The summed E-state index contributed by atoms with van der Waals surface area (Å²) in [6.07, 6.45) is 7.60. The Balaban J connectivity index is 1.65. The van der Waals surface area contributed by atoms with E-state index in [-0.39, 0.29) is 0 Å². The summed E-state index contributed by atoms with van der Waals surface area (Å²) in [5.74, 6) is 1.40. The molecule has 3 heterocycles. The molecular formula is C12H16N6. The van der Waals surface area contributed by atoms with Gasteiger partial charge in [-0.3, -0.25) is 4.68 Å². The van der Waals surface area contributed by atoms with Crippen LogP contribution in [0.1, 0.15) is 18.9 Å². The van der Waals surface area contributed by atoms with Crippen molar-refractivity contribution in [1.82, 2.24) is 19.7 Å². The van der Waals surface area contributed by atoms with E-state index in [1.807, 2.05) is 23.0 Å². The van der Waals surface area contributed by atoms with Crippen LogP contribution >= 0.6 is 0 Å². The monoisotopic (exact) mass is 244 g/mol. The van der Waals surface area contributed by atoms with Gasteiger partial charge in [0.1, 0.15) is 5.82 Å². The molecule has 6 heteroatoms. The summed E-state index contributed by atoms with van der Waals surface area (Å²) in [5.41, 5.74) is 5.64. The molecule has 1 fully saturated rings. The fourth-order valence-corrected chi connectivity index (χ4v) is 2.34. The van der Waals surface area contributed by atoms with Gasteiger partial charge in [-0.05, 0) is 25.0 Å². The first kappa shape index (κ1) is 11.0. The highest BCUT2D eigenvalue weighted by atomic mass is 15.3. The van der Waals surface area contributed by atoms with E-state index < -0.39 is 0 Å². The molecule has 0 aromatic carbocycles. The van der Waals surface area contributed by atoms with Gasteiger partial charge in [-0.25, -0.2) is 9.97 Å². The zero-order valence-corrected chi connectivity index (χ0v) is 10.1. The molecule has 18 heavy (non-hydrogen) atoms. The van der Waals surface area contributed by atoms with Crippen LogP contribution in [0.2, 0.25) is 0 Å². The number of nitrogen functional groups attached to an aromatic ring is 1. The summed E-state index contributed by atoms with van der Waals surface area (Å²) in [7, 11) is 0. The van der Waals surface area contributed by atoms with Gasteiger partial charge in [0, 0.05) is 31.7 Å². The lowest BCUT2D eigenvalue weighted by Crippen LogP contribution is -2.35. The van der Waals surface area contributed by atoms with Crippen LogP contribution in [-0.4, -0.2) is 32.8 Å². The molecule has 0 saturated carbocycles. The minimum absolute atomic E-state index is 0.433. The van der Waals surface area contributed by atoms with E-state index in [2.05, 4.69) is 20.0 Å². The van der Waals surface area contributed by atoms with Gasteiger partial charge in [0.15, 0.2) is 0 Å². The molecular weight excluding hydrogens is 228 g/mol. The topological polar surface area (TPSA) is 72.9 Å². The van der Waals surface area contributed by atoms with Crippen LogP contribution in [-0.2, 0) is 0 Å². The molecule has 0 aliphatic carbocycles. The molecule has 6 nitrogen and oxygen atoms in total. The van der Waals surface area contributed by atoms with Crippen molar-refractivity contribution in [3.05, 3.63) is 30.7 Å². The second-order valence-electron chi connectivity index (χ2n) is 4.49. The number of nitrogens with two attached hydrogens (primary N) is 1. The van der Waals surface area contributed by atoms with E-state index >= 15 is 0 Å². The van der Waals surface area contributed by atoms with Crippen LogP contribution in [0.25, 0.3) is 0 Å². The van der Waals surface area contributed by atoms with E-state index in [0.717, 1.165) is 31.9 Å². The SMILES string of the molecule is Nc1ccn(C2CCN(c3ncccn3)CC2)n1. The highest BCUT2D eigenvalue weighted by molar-refractivity contribution is 5.29. The Labute approximate surface area is 105 Å². The van der Waals surface area contributed by atoms with Gasteiger partial charge in [-0.2, -0.15) is 5.10 Å². The molecule has 0 spiro atoms. The van der Waals surface area contributed by atoms with Crippen LogP contribution in [0.15, 0.2) is 30.7 Å². The smallest absolute Gasteiger partial charge is 0.225 e. The van der Waals surface area contributed by atoms with Crippen LogP contribution in [0.5, 0.6) is 0 Å². The summed E-state index contributed by atoms with van der Waals surface area (Å²) in [5, 5.41) is 4.28. The third-order valence-corrected chi connectivity index (χ3v) is 3.30. The number of aromatic nitrogens is 4. The van der Waals surface area contributed by atoms with Gasteiger partial charge in [0.25, 0.3) is 0 Å². The normalized spacial score (nSPS) is 17.0. The first-order valence-electron chi connectivity index (χ1n) is 6.15. The molecule has 0 radical (unpaired) electrons. The molecule has 3 rings (SSSR count). The van der Waals surface area contributed by atoms with Crippen molar-refractivity contribution in [2.75, 3.05) is 23.7 Å². The number of anilines is 2. The Morgan fingerprint density at radius 1 is 1.17 bits per heavy atom. The van der Waals surface area contributed by atoms with E-state index in [1.54, 1.807) is 12.4 Å². The molecule has 0 bridgehead atoms. The van der Waals surface area contributed by atoms with Crippen LogP contribution in [0, 0.1) is 0 Å². The van der Waals surface area contributed by atoms with Gasteiger partial charge >= 0.3 is 0 Å². The lowest BCUT2D eigenvalue weighted by molar-refractivity contribution is 0.365. The minimum atomic E-state index is 0.433. The summed E-state index contributed by atoms with van der Waals surface area (Å²) < 4.78 is 1.97. The van der Waals surface area contributed by atoms with Crippen LogP contribution in [0.3, 0.4) is 0 Å². The Kier molecular flexibility index (Phi) is 2.84. The fraction of sp³-hybridized carbons (Fsp3) is 0.417. The molecule has 94 valence electrons. The summed E-state index contributed by atoms with van der Waals surface area (Å²) in [6, 6.07) is 4.11. The lowest BCUT2D eigenvalue weighted by atomic mass is 10.1. The summed E-state index contributed by atoms with van der Waals surface area (Å²) >= 11 is 0. The molecule has 2 aromatic rings. The second-order valence-corrected chi connectivity index (χ2v) is 4.49. The molecule has 2 N–H and O–H groups in total. The number of hydrogen-bond donors (Lipinski definition) is 1. The van der Waals surface area contributed by atoms with Gasteiger partial charge in [-0.15, -0.1) is 0 Å². The fourth-order valence-electron chi connectivity index (χ4n) is 2.34. The third-order valence-electron chi connectivity index (χ3n) is 3.30. The number of hydrogen-bond acceptors (Lipinski definition) is 5. The van der Waals surface area contributed by atoms with E-state index in [4.69, 9.17) is 5.73 Å². The highest BCUT2D eigenvalue weighted by Crippen LogP contribution is 2.24. The summed E-state index contributed by atoms with van der Waals surface area (Å²) in [4.78, 5) is 10.8. The van der Waals surface area contributed by atoms with Gasteiger partial charge < -0.3 is 10.6 Å². The maximum absolute atomic E-state index is 5.64. The predicted octanol–water partition coefficient (Wildman–Crippen LogP) is 1.10. The zero-order valence-electron chi connectivity index (χ0n) is 10.1. The lowest BCUT2D eigenvalue weighted by Gasteiger charge is -2.31. The van der Waals surface area contributed by atoms with Crippen molar-refractivity contribution < 1.29 is 0 Å². The first-order valence-corrected chi connectivity index (χ1v) is 6.15. The third kappa shape index (κ3) is 2.13. The van der Waals surface area contributed by atoms with E-state index in [9.17, 15) is 0 Å². The minimum Gasteiger partial charge on any atom is -0.382 e. The van der Waals surface area contributed by atoms with Crippen molar-refractivity contribution in [2.24, 2.45) is 0 Å². The Bertz CT molecular complexity index is 500. The molecule has 0 amide bonds.